The molecular formula is C10H18ClN3. The summed E-state index contributed by atoms with van der Waals surface area (Å²) >= 11 is 0. The van der Waals surface area contributed by atoms with Crippen LogP contribution in [0.3, 0.4) is 0 Å². The molecule has 1 heterocycles. The molecule has 0 saturated heterocycles. The lowest BCUT2D eigenvalue weighted by molar-refractivity contribution is 0.440. The highest BCUT2D eigenvalue weighted by molar-refractivity contribution is 5.85. The smallest absolute Gasteiger partial charge is 0.120 e. The Labute approximate surface area is 91.1 Å². The molecule has 0 spiro atoms. The number of rotatable bonds is 5. The predicted molar refractivity (Wildman–Crippen MR) is 59.5 cm³/mol. The molecule has 1 aromatic heterocycles. The van der Waals surface area contributed by atoms with Crippen molar-refractivity contribution in [2.24, 2.45) is 5.41 Å². The second kappa shape index (κ2) is 4.80. The molecule has 0 bridgehead atoms. The van der Waals surface area contributed by atoms with Gasteiger partial charge in [-0.2, -0.15) is 0 Å². The van der Waals surface area contributed by atoms with Crippen LogP contribution in [0.4, 0.5) is 0 Å². The van der Waals surface area contributed by atoms with Crippen LogP contribution in [-0.2, 0) is 6.54 Å². The summed E-state index contributed by atoms with van der Waals surface area (Å²) in [5.74, 6) is 1.03. The zero-order chi connectivity index (χ0) is 9.15. The summed E-state index contributed by atoms with van der Waals surface area (Å²) in [6.45, 7) is 4.29. The van der Waals surface area contributed by atoms with Crippen molar-refractivity contribution in [1.82, 2.24) is 15.3 Å². The first-order valence-corrected chi connectivity index (χ1v) is 5.04. The molecule has 80 valence electrons. The summed E-state index contributed by atoms with van der Waals surface area (Å²) < 4.78 is 0. The van der Waals surface area contributed by atoms with E-state index in [9.17, 15) is 0 Å². The Bertz CT molecular complexity index is 254. The van der Waals surface area contributed by atoms with Gasteiger partial charge in [-0.1, -0.05) is 6.92 Å². The van der Waals surface area contributed by atoms with E-state index in [2.05, 4.69) is 22.2 Å². The highest BCUT2D eigenvalue weighted by atomic mass is 35.5. The number of halogens is 1. The lowest BCUT2D eigenvalue weighted by atomic mass is 10.0. The fourth-order valence-corrected chi connectivity index (χ4v) is 1.67. The van der Waals surface area contributed by atoms with E-state index in [1.807, 2.05) is 6.20 Å². The second-order valence-electron chi connectivity index (χ2n) is 3.99. The van der Waals surface area contributed by atoms with Crippen LogP contribution in [0.1, 0.15) is 32.0 Å². The number of hydrogen-bond donors (Lipinski definition) is 2. The summed E-state index contributed by atoms with van der Waals surface area (Å²) in [5.41, 5.74) is 0.632. The zero-order valence-corrected chi connectivity index (χ0v) is 9.36. The van der Waals surface area contributed by atoms with Gasteiger partial charge in [0.25, 0.3) is 0 Å². The highest BCUT2D eigenvalue weighted by Crippen LogP contribution is 2.47. The van der Waals surface area contributed by atoms with Gasteiger partial charge in [-0.15, -0.1) is 12.4 Å². The fraction of sp³-hybridized carbons (Fsp3) is 0.700. The molecule has 1 aliphatic carbocycles. The van der Waals surface area contributed by atoms with Crippen molar-refractivity contribution < 1.29 is 0 Å². The molecule has 2 rings (SSSR count). The maximum atomic E-state index is 4.16. The minimum absolute atomic E-state index is 0. The van der Waals surface area contributed by atoms with Crippen LogP contribution >= 0.6 is 12.4 Å². The summed E-state index contributed by atoms with van der Waals surface area (Å²) in [5, 5.41) is 3.45. The van der Waals surface area contributed by atoms with Crippen molar-refractivity contribution in [3.63, 3.8) is 0 Å². The number of hydrogen-bond acceptors (Lipinski definition) is 2. The molecule has 2 N–H and O–H groups in total. The van der Waals surface area contributed by atoms with Crippen LogP contribution < -0.4 is 5.32 Å². The van der Waals surface area contributed by atoms with Gasteiger partial charge in [-0.05, 0) is 24.7 Å². The lowest BCUT2D eigenvalue weighted by Gasteiger charge is -2.12. The Balaban J connectivity index is 0.000000980. The van der Waals surface area contributed by atoms with Crippen molar-refractivity contribution in [1.29, 1.82) is 0 Å². The van der Waals surface area contributed by atoms with Crippen molar-refractivity contribution >= 4 is 12.4 Å². The molecule has 0 aromatic carbocycles. The maximum absolute atomic E-state index is 4.16. The molecule has 1 fully saturated rings. The Morgan fingerprint density at radius 3 is 2.86 bits per heavy atom. The zero-order valence-electron chi connectivity index (χ0n) is 8.55. The van der Waals surface area contributed by atoms with Crippen molar-refractivity contribution in [3.8, 4) is 0 Å². The minimum atomic E-state index is 0. The summed E-state index contributed by atoms with van der Waals surface area (Å²) in [6.07, 6.45) is 7.76. The molecule has 0 amide bonds. The fourth-order valence-electron chi connectivity index (χ4n) is 1.67. The van der Waals surface area contributed by atoms with Gasteiger partial charge in [0.1, 0.15) is 5.82 Å². The maximum Gasteiger partial charge on any atom is 0.120 e. The number of nitrogens with zero attached hydrogens (tertiary/aromatic N) is 1. The van der Waals surface area contributed by atoms with Gasteiger partial charge < -0.3 is 10.3 Å². The third-order valence-electron chi connectivity index (χ3n) is 3.05. The van der Waals surface area contributed by atoms with Gasteiger partial charge in [0.05, 0.1) is 6.54 Å². The van der Waals surface area contributed by atoms with Crippen LogP contribution in [-0.4, -0.2) is 16.5 Å². The lowest BCUT2D eigenvalue weighted by Crippen LogP contribution is -2.23. The molecule has 1 saturated carbocycles. The third-order valence-corrected chi connectivity index (χ3v) is 3.05. The average molecular weight is 216 g/mol. The second-order valence-corrected chi connectivity index (χ2v) is 3.99. The van der Waals surface area contributed by atoms with E-state index in [4.69, 9.17) is 0 Å². The van der Waals surface area contributed by atoms with E-state index in [0.717, 1.165) is 18.9 Å². The summed E-state index contributed by atoms with van der Waals surface area (Å²) in [4.78, 5) is 7.25. The van der Waals surface area contributed by atoms with Gasteiger partial charge >= 0.3 is 0 Å². The highest BCUT2D eigenvalue weighted by Gasteiger charge is 2.39. The standard InChI is InChI=1S/C10H17N3.ClH/c1-2-10(3-4-10)8-11-7-9-12-5-6-13-9;/h5-6,11H,2-4,7-8H2,1H3,(H,12,13);1H. The van der Waals surface area contributed by atoms with Gasteiger partial charge in [-0.3, -0.25) is 0 Å². The number of aromatic nitrogens is 2. The largest absolute Gasteiger partial charge is 0.348 e. The molecule has 1 aliphatic rings. The van der Waals surface area contributed by atoms with E-state index in [1.54, 1.807) is 6.20 Å². The Kier molecular flexibility index (Phi) is 3.96. The van der Waals surface area contributed by atoms with Gasteiger partial charge in [0.2, 0.25) is 0 Å². The number of aromatic amines is 1. The van der Waals surface area contributed by atoms with Crippen molar-refractivity contribution in [2.75, 3.05) is 6.54 Å². The Morgan fingerprint density at radius 1 is 1.57 bits per heavy atom. The molecule has 0 atom stereocenters. The normalized spacial score (nSPS) is 17.5. The first-order chi connectivity index (χ1) is 6.35. The first-order valence-electron chi connectivity index (χ1n) is 5.04. The van der Waals surface area contributed by atoms with Gasteiger partial charge in [0.15, 0.2) is 0 Å². The predicted octanol–water partition coefficient (Wildman–Crippen LogP) is 2.11. The van der Waals surface area contributed by atoms with Gasteiger partial charge in [0, 0.05) is 18.9 Å². The molecule has 1 aromatic rings. The van der Waals surface area contributed by atoms with Crippen LogP contribution in [0, 0.1) is 5.41 Å². The summed E-state index contributed by atoms with van der Waals surface area (Å²) in [6, 6.07) is 0. The van der Waals surface area contributed by atoms with E-state index in [-0.39, 0.29) is 12.4 Å². The molecule has 3 nitrogen and oxygen atoms in total. The van der Waals surface area contributed by atoms with Crippen molar-refractivity contribution in [3.05, 3.63) is 18.2 Å². The SMILES string of the molecule is CCC1(CNCc2ncc[nH]2)CC1.Cl. The third kappa shape index (κ3) is 2.72. The van der Waals surface area contributed by atoms with Crippen LogP contribution in [0.2, 0.25) is 0 Å². The van der Waals surface area contributed by atoms with Crippen LogP contribution in [0.25, 0.3) is 0 Å². The molecule has 0 unspecified atom stereocenters. The van der Waals surface area contributed by atoms with Crippen molar-refractivity contribution in [2.45, 2.75) is 32.7 Å². The number of H-pyrrole nitrogens is 1. The molecule has 4 heteroatoms. The van der Waals surface area contributed by atoms with Crippen LogP contribution in [0.5, 0.6) is 0 Å². The molecule has 14 heavy (non-hydrogen) atoms. The topological polar surface area (TPSA) is 40.7 Å². The Morgan fingerprint density at radius 2 is 2.36 bits per heavy atom. The van der Waals surface area contributed by atoms with E-state index in [1.165, 1.54) is 19.3 Å². The summed E-state index contributed by atoms with van der Waals surface area (Å²) in [7, 11) is 0. The quantitative estimate of drug-likeness (QED) is 0.790. The van der Waals surface area contributed by atoms with Gasteiger partial charge in [-0.25, -0.2) is 4.98 Å². The molecular weight excluding hydrogens is 198 g/mol. The van der Waals surface area contributed by atoms with E-state index < -0.39 is 0 Å². The van der Waals surface area contributed by atoms with E-state index in [0.29, 0.717) is 5.41 Å². The van der Waals surface area contributed by atoms with E-state index >= 15 is 0 Å². The average Bonchev–Trinajstić information content (AvgIpc) is 2.74. The Hall–Kier alpha value is -0.540. The molecule has 0 radical (unpaired) electrons. The van der Waals surface area contributed by atoms with Crippen LogP contribution in [0.15, 0.2) is 12.4 Å². The number of imidazole rings is 1. The minimum Gasteiger partial charge on any atom is -0.348 e. The number of nitrogens with one attached hydrogen (secondary N) is 2. The molecule has 0 aliphatic heterocycles. The first kappa shape index (κ1) is 11.5. The monoisotopic (exact) mass is 215 g/mol.